The predicted octanol–water partition coefficient (Wildman–Crippen LogP) is 3.63. The van der Waals surface area contributed by atoms with E-state index >= 15 is 0 Å². The molecule has 7 heteroatoms. The van der Waals surface area contributed by atoms with E-state index in [0.717, 1.165) is 11.8 Å². The highest BCUT2D eigenvalue weighted by atomic mass is 35.5. The van der Waals surface area contributed by atoms with Crippen LogP contribution in [0.25, 0.3) is 0 Å². The molecule has 0 spiro atoms. The van der Waals surface area contributed by atoms with Crippen LogP contribution in [0.1, 0.15) is 29.8 Å². The van der Waals surface area contributed by atoms with Crippen molar-refractivity contribution < 1.29 is 17.6 Å². The molecule has 0 atom stereocenters. The zero-order chi connectivity index (χ0) is 18.8. The van der Waals surface area contributed by atoms with E-state index in [-0.39, 0.29) is 21.3 Å². The Morgan fingerprint density at radius 1 is 1.16 bits per heavy atom. The van der Waals surface area contributed by atoms with Crippen molar-refractivity contribution in [2.45, 2.75) is 30.7 Å². The summed E-state index contributed by atoms with van der Waals surface area (Å²) in [5, 5.41) is 2.94. The Morgan fingerprint density at radius 3 is 2.28 bits per heavy atom. The predicted molar refractivity (Wildman–Crippen MR) is 96.2 cm³/mol. The van der Waals surface area contributed by atoms with E-state index in [9.17, 15) is 17.6 Å². The second-order valence-electron chi connectivity index (χ2n) is 6.56. The van der Waals surface area contributed by atoms with E-state index in [0.29, 0.717) is 6.42 Å². The van der Waals surface area contributed by atoms with Gasteiger partial charge in [-0.25, -0.2) is 12.8 Å². The maximum absolute atomic E-state index is 13.0. The zero-order valence-electron chi connectivity index (χ0n) is 14.1. The van der Waals surface area contributed by atoms with Gasteiger partial charge in [-0.1, -0.05) is 23.7 Å². The van der Waals surface area contributed by atoms with Crippen LogP contribution in [0.5, 0.6) is 0 Å². The number of carbonyl (C=O) groups excluding carboxylic acids is 1. The fourth-order valence-corrected chi connectivity index (χ4v) is 3.42. The first-order valence-electron chi connectivity index (χ1n) is 7.54. The molecular weight excluding hydrogens is 365 g/mol. The number of rotatable bonds is 5. The largest absolute Gasteiger partial charge is 0.347 e. The molecule has 0 saturated heterocycles. The third-order valence-corrected chi connectivity index (χ3v) is 5.05. The molecule has 0 aliphatic carbocycles. The summed E-state index contributed by atoms with van der Waals surface area (Å²) in [5.41, 5.74) is 0.472. The highest BCUT2D eigenvalue weighted by Gasteiger charge is 2.23. The van der Waals surface area contributed by atoms with E-state index in [4.69, 9.17) is 11.6 Å². The molecule has 2 rings (SSSR count). The number of amides is 1. The van der Waals surface area contributed by atoms with Crippen LogP contribution in [0.3, 0.4) is 0 Å². The number of halogens is 2. The molecule has 134 valence electrons. The lowest BCUT2D eigenvalue weighted by molar-refractivity contribution is 0.0913. The van der Waals surface area contributed by atoms with E-state index in [1.807, 2.05) is 13.8 Å². The second-order valence-corrected chi connectivity index (χ2v) is 8.98. The van der Waals surface area contributed by atoms with Gasteiger partial charge in [0.15, 0.2) is 9.84 Å². The molecule has 0 aliphatic heterocycles. The lowest BCUT2D eigenvalue weighted by Gasteiger charge is -2.27. The smallest absolute Gasteiger partial charge is 0.253 e. The topological polar surface area (TPSA) is 63.2 Å². The number of hydrogen-bond donors (Lipinski definition) is 1. The van der Waals surface area contributed by atoms with Gasteiger partial charge in [-0.15, -0.1) is 0 Å². The zero-order valence-corrected chi connectivity index (χ0v) is 15.7. The lowest BCUT2D eigenvalue weighted by Crippen LogP contribution is -2.45. The van der Waals surface area contributed by atoms with Crippen molar-refractivity contribution in [3.63, 3.8) is 0 Å². The third-order valence-electron chi connectivity index (χ3n) is 3.62. The van der Waals surface area contributed by atoms with Crippen molar-refractivity contribution in [2.24, 2.45) is 0 Å². The van der Waals surface area contributed by atoms with Gasteiger partial charge in [0.2, 0.25) is 0 Å². The van der Waals surface area contributed by atoms with Gasteiger partial charge in [-0.3, -0.25) is 4.79 Å². The maximum atomic E-state index is 13.0. The average Bonchev–Trinajstić information content (AvgIpc) is 2.47. The van der Waals surface area contributed by atoms with Crippen LogP contribution in [0.2, 0.25) is 5.02 Å². The fourth-order valence-electron chi connectivity index (χ4n) is 2.44. The normalized spacial score (nSPS) is 12.0. The molecule has 25 heavy (non-hydrogen) atoms. The number of sulfone groups is 1. The fraction of sp³-hybridized carbons (Fsp3) is 0.278. The molecule has 0 bridgehead atoms. The second kappa shape index (κ2) is 7.14. The van der Waals surface area contributed by atoms with Crippen LogP contribution >= 0.6 is 11.6 Å². The van der Waals surface area contributed by atoms with Crippen molar-refractivity contribution in [1.29, 1.82) is 0 Å². The van der Waals surface area contributed by atoms with Gasteiger partial charge in [-0.05, 0) is 56.2 Å². The summed E-state index contributed by atoms with van der Waals surface area (Å²) in [6.45, 7) is 3.68. The highest BCUT2D eigenvalue weighted by Crippen LogP contribution is 2.22. The van der Waals surface area contributed by atoms with Gasteiger partial charge >= 0.3 is 0 Å². The van der Waals surface area contributed by atoms with E-state index in [1.165, 1.54) is 30.3 Å². The van der Waals surface area contributed by atoms with Crippen molar-refractivity contribution in [3.8, 4) is 0 Å². The number of carbonyl (C=O) groups is 1. The van der Waals surface area contributed by atoms with Crippen LogP contribution in [0, 0.1) is 5.82 Å². The summed E-state index contributed by atoms with van der Waals surface area (Å²) in [4.78, 5) is 12.5. The van der Waals surface area contributed by atoms with Crippen molar-refractivity contribution in [1.82, 2.24) is 5.32 Å². The van der Waals surface area contributed by atoms with Gasteiger partial charge < -0.3 is 5.32 Å². The van der Waals surface area contributed by atoms with Gasteiger partial charge in [0.1, 0.15) is 5.82 Å². The van der Waals surface area contributed by atoms with Crippen LogP contribution in [0.15, 0.2) is 47.4 Å². The quantitative estimate of drug-likeness (QED) is 0.857. The molecule has 0 heterocycles. The van der Waals surface area contributed by atoms with Gasteiger partial charge in [0, 0.05) is 11.8 Å². The number of nitrogens with one attached hydrogen (secondary N) is 1. The standard InChI is InChI=1S/C18H19ClFNO3S/c1-18(2,11-12-4-6-13(20)7-5-12)21-17(22)15-9-8-14(10-16(15)19)25(3,23)24/h4-10H,11H2,1-3H3,(H,21,22). The van der Waals surface area contributed by atoms with Gasteiger partial charge in [-0.2, -0.15) is 0 Å². The molecular formula is C18H19ClFNO3S. The Balaban J connectivity index is 2.16. The Hall–Kier alpha value is -1.92. The SMILES string of the molecule is CC(C)(Cc1ccc(F)cc1)NC(=O)c1ccc(S(C)(=O)=O)cc1Cl. The Bertz CT molecular complexity index is 893. The Labute approximate surface area is 151 Å². The summed E-state index contributed by atoms with van der Waals surface area (Å²) in [6, 6.07) is 10.1. The first-order chi connectivity index (χ1) is 11.5. The summed E-state index contributed by atoms with van der Waals surface area (Å²) >= 11 is 6.07. The molecule has 0 aliphatic rings. The van der Waals surface area contributed by atoms with Crippen molar-refractivity contribution >= 4 is 27.3 Å². The molecule has 0 unspecified atom stereocenters. The van der Waals surface area contributed by atoms with E-state index in [2.05, 4.69) is 5.32 Å². The van der Waals surface area contributed by atoms with E-state index < -0.39 is 21.3 Å². The minimum absolute atomic E-state index is 0.0552. The molecule has 2 aromatic carbocycles. The Kier molecular flexibility index (Phi) is 5.54. The molecule has 4 nitrogen and oxygen atoms in total. The molecule has 2 aromatic rings. The summed E-state index contributed by atoms with van der Waals surface area (Å²) in [5.74, 6) is -0.722. The van der Waals surface area contributed by atoms with Crippen LogP contribution in [-0.2, 0) is 16.3 Å². The van der Waals surface area contributed by atoms with Crippen LogP contribution in [-0.4, -0.2) is 26.1 Å². The van der Waals surface area contributed by atoms with Gasteiger partial charge in [0.25, 0.3) is 5.91 Å². The maximum Gasteiger partial charge on any atom is 0.253 e. The molecule has 0 aromatic heterocycles. The summed E-state index contributed by atoms with van der Waals surface area (Å²) < 4.78 is 36.1. The van der Waals surface area contributed by atoms with E-state index in [1.54, 1.807) is 12.1 Å². The monoisotopic (exact) mass is 383 g/mol. The van der Waals surface area contributed by atoms with Crippen molar-refractivity contribution in [2.75, 3.05) is 6.26 Å². The highest BCUT2D eigenvalue weighted by molar-refractivity contribution is 7.90. The minimum Gasteiger partial charge on any atom is -0.347 e. The van der Waals surface area contributed by atoms with Gasteiger partial charge in [0.05, 0.1) is 15.5 Å². The third kappa shape index (κ3) is 5.28. The summed E-state index contributed by atoms with van der Waals surface area (Å²) in [7, 11) is -3.39. The first-order valence-corrected chi connectivity index (χ1v) is 9.81. The summed E-state index contributed by atoms with van der Waals surface area (Å²) in [6.07, 6.45) is 1.57. The first kappa shape index (κ1) is 19.4. The average molecular weight is 384 g/mol. The molecule has 0 saturated carbocycles. The molecule has 0 fully saturated rings. The number of benzene rings is 2. The van der Waals surface area contributed by atoms with Crippen molar-refractivity contribution in [3.05, 3.63) is 64.4 Å². The number of hydrogen-bond acceptors (Lipinski definition) is 3. The lowest BCUT2D eigenvalue weighted by atomic mass is 9.94. The Morgan fingerprint density at radius 2 is 1.76 bits per heavy atom. The van der Waals surface area contributed by atoms with Crippen LogP contribution in [0.4, 0.5) is 4.39 Å². The minimum atomic E-state index is -3.39. The van der Waals surface area contributed by atoms with Crippen LogP contribution < -0.4 is 5.32 Å². The molecule has 1 amide bonds. The molecule has 1 N–H and O–H groups in total. The molecule has 0 radical (unpaired) electrons.